The Labute approximate surface area is 150 Å². The molecule has 1 saturated heterocycles. The van der Waals surface area contributed by atoms with Gasteiger partial charge in [0.05, 0.1) is 5.69 Å². The number of ether oxygens (including phenoxy) is 1. The van der Waals surface area contributed by atoms with Gasteiger partial charge in [0.1, 0.15) is 28.1 Å². The average Bonchev–Trinajstić information content (AvgIpc) is 2.95. The number of rotatable bonds is 5. The maximum Gasteiger partial charge on any atom is 0.263 e. The van der Waals surface area contributed by atoms with E-state index in [1.807, 2.05) is 6.92 Å². The van der Waals surface area contributed by atoms with Crippen LogP contribution in [0.2, 0.25) is 0 Å². The lowest BCUT2D eigenvalue weighted by Gasteiger charge is -2.28. The van der Waals surface area contributed by atoms with Crippen LogP contribution in [-0.4, -0.2) is 29.5 Å². The van der Waals surface area contributed by atoms with Crippen LogP contribution in [0.25, 0.3) is 0 Å². The summed E-state index contributed by atoms with van der Waals surface area (Å²) in [4.78, 5) is 17.6. The lowest BCUT2D eigenvalue weighted by atomic mass is 10.0. The predicted octanol–water partition coefficient (Wildman–Crippen LogP) is 3.04. The zero-order chi connectivity index (χ0) is 17.8. The summed E-state index contributed by atoms with van der Waals surface area (Å²) in [7, 11) is 0. The SMILES string of the molecule is Cc1nc(COc2ccc(F)cc2)sc1C(=O)NC1CCNC(C)C1. The second-order valence-electron chi connectivity index (χ2n) is 6.31. The maximum absolute atomic E-state index is 12.9. The molecule has 0 saturated carbocycles. The number of hydrogen-bond donors (Lipinski definition) is 2. The Morgan fingerprint density at radius 2 is 2.20 bits per heavy atom. The maximum atomic E-state index is 12.9. The van der Waals surface area contributed by atoms with E-state index in [9.17, 15) is 9.18 Å². The average molecular weight is 363 g/mol. The Bertz CT molecular complexity index is 732. The summed E-state index contributed by atoms with van der Waals surface area (Å²) in [6.45, 7) is 5.14. The fourth-order valence-electron chi connectivity index (χ4n) is 2.91. The molecule has 0 spiro atoms. The van der Waals surface area contributed by atoms with Crippen LogP contribution in [-0.2, 0) is 6.61 Å². The van der Waals surface area contributed by atoms with Crippen molar-refractivity contribution in [1.29, 1.82) is 0 Å². The van der Waals surface area contributed by atoms with E-state index >= 15 is 0 Å². The van der Waals surface area contributed by atoms with Gasteiger partial charge in [0.2, 0.25) is 0 Å². The molecule has 1 amide bonds. The topological polar surface area (TPSA) is 63.2 Å². The molecule has 0 bridgehead atoms. The van der Waals surface area contributed by atoms with E-state index in [0.717, 1.165) is 24.4 Å². The second-order valence-corrected chi connectivity index (χ2v) is 7.40. The number of carbonyl (C=O) groups excluding carboxylic acids is 1. The van der Waals surface area contributed by atoms with Crippen LogP contribution in [0.15, 0.2) is 24.3 Å². The van der Waals surface area contributed by atoms with Crippen molar-refractivity contribution in [3.63, 3.8) is 0 Å². The summed E-state index contributed by atoms with van der Waals surface area (Å²) < 4.78 is 18.5. The van der Waals surface area contributed by atoms with Gasteiger partial charge < -0.3 is 15.4 Å². The van der Waals surface area contributed by atoms with Gasteiger partial charge in [0.15, 0.2) is 0 Å². The fourth-order valence-corrected chi connectivity index (χ4v) is 3.80. The van der Waals surface area contributed by atoms with Gasteiger partial charge in [-0.2, -0.15) is 0 Å². The number of carbonyl (C=O) groups is 1. The quantitative estimate of drug-likeness (QED) is 0.857. The highest BCUT2D eigenvalue weighted by Gasteiger charge is 2.23. The Morgan fingerprint density at radius 1 is 1.44 bits per heavy atom. The molecule has 3 rings (SSSR count). The molecule has 1 aromatic heterocycles. The van der Waals surface area contributed by atoms with Crippen molar-refractivity contribution in [1.82, 2.24) is 15.6 Å². The third-order valence-corrected chi connectivity index (χ3v) is 5.31. The number of aromatic nitrogens is 1. The first-order valence-electron chi connectivity index (χ1n) is 8.40. The molecule has 2 N–H and O–H groups in total. The van der Waals surface area contributed by atoms with Gasteiger partial charge in [-0.05, 0) is 57.5 Å². The molecule has 7 heteroatoms. The van der Waals surface area contributed by atoms with E-state index in [4.69, 9.17) is 4.74 Å². The number of piperidine rings is 1. The summed E-state index contributed by atoms with van der Waals surface area (Å²) in [6, 6.07) is 6.46. The van der Waals surface area contributed by atoms with Crippen LogP contribution in [0.3, 0.4) is 0 Å². The van der Waals surface area contributed by atoms with E-state index in [1.165, 1.54) is 23.5 Å². The number of aryl methyl sites for hydroxylation is 1. The second kappa shape index (κ2) is 7.93. The number of nitrogens with zero attached hydrogens (tertiary/aromatic N) is 1. The Hall–Kier alpha value is -1.99. The molecule has 1 fully saturated rings. The summed E-state index contributed by atoms with van der Waals surface area (Å²) >= 11 is 1.34. The Balaban J connectivity index is 1.59. The highest BCUT2D eigenvalue weighted by molar-refractivity contribution is 7.13. The third-order valence-electron chi connectivity index (χ3n) is 4.18. The molecule has 1 aliphatic heterocycles. The monoisotopic (exact) mass is 363 g/mol. The van der Waals surface area contributed by atoms with Crippen molar-refractivity contribution in [3.8, 4) is 5.75 Å². The highest BCUT2D eigenvalue weighted by Crippen LogP contribution is 2.21. The molecule has 0 radical (unpaired) electrons. The molecule has 1 aromatic carbocycles. The van der Waals surface area contributed by atoms with Crippen molar-refractivity contribution in [2.24, 2.45) is 0 Å². The molecule has 5 nitrogen and oxygen atoms in total. The first-order valence-corrected chi connectivity index (χ1v) is 9.22. The zero-order valence-corrected chi connectivity index (χ0v) is 15.2. The minimum Gasteiger partial charge on any atom is -0.486 e. The van der Waals surface area contributed by atoms with Gasteiger partial charge in [0.25, 0.3) is 5.91 Å². The predicted molar refractivity (Wildman–Crippen MR) is 95.5 cm³/mol. The van der Waals surface area contributed by atoms with Gasteiger partial charge in [-0.1, -0.05) is 0 Å². The van der Waals surface area contributed by atoms with Gasteiger partial charge in [0, 0.05) is 12.1 Å². The molecular formula is C18H22FN3O2S. The van der Waals surface area contributed by atoms with Crippen molar-refractivity contribution in [2.75, 3.05) is 6.54 Å². The van der Waals surface area contributed by atoms with E-state index in [1.54, 1.807) is 12.1 Å². The van der Waals surface area contributed by atoms with Gasteiger partial charge in [-0.3, -0.25) is 4.79 Å². The van der Waals surface area contributed by atoms with Crippen molar-refractivity contribution in [2.45, 2.75) is 45.4 Å². The van der Waals surface area contributed by atoms with Crippen LogP contribution in [0.4, 0.5) is 4.39 Å². The van der Waals surface area contributed by atoms with Gasteiger partial charge >= 0.3 is 0 Å². The lowest BCUT2D eigenvalue weighted by Crippen LogP contribution is -2.46. The number of halogens is 1. The summed E-state index contributed by atoms with van der Waals surface area (Å²) in [5.41, 5.74) is 0.710. The summed E-state index contributed by atoms with van der Waals surface area (Å²) in [5.74, 6) is 0.203. The van der Waals surface area contributed by atoms with Gasteiger partial charge in [-0.25, -0.2) is 9.37 Å². The van der Waals surface area contributed by atoms with Crippen LogP contribution in [0.5, 0.6) is 5.75 Å². The molecule has 25 heavy (non-hydrogen) atoms. The molecule has 2 atom stereocenters. The van der Waals surface area contributed by atoms with Gasteiger partial charge in [-0.15, -0.1) is 11.3 Å². The number of nitrogens with one attached hydrogen (secondary N) is 2. The molecular weight excluding hydrogens is 341 g/mol. The third kappa shape index (κ3) is 4.76. The fraction of sp³-hybridized carbons (Fsp3) is 0.444. The van der Waals surface area contributed by atoms with Crippen molar-refractivity contribution < 1.29 is 13.9 Å². The Morgan fingerprint density at radius 3 is 2.92 bits per heavy atom. The zero-order valence-electron chi connectivity index (χ0n) is 14.3. The highest BCUT2D eigenvalue weighted by atomic mass is 32.1. The lowest BCUT2D eigenvalue weighted by molar-refractivity contribution is 0.0929. The summed E-state index contributed by atoms with van der Waals surface area (Å²) in [5, 5.41) is 7.21. The number of amides is 1. The van der Waals surface area contributed by atoms with Crippen molar-refractivity contribution in [3.05, 3.63) is 45.7 Å². The van der Waals surface area contributed by atoms with E-state index in [-0.39, 0.29) is 24.4 Å². The first kappa shape index (κ1) is 17.8. The molecule has 2 unspecified atom stereocenters. The molecule has 0 aliphatic carbocycles. The van der Waals surface area contributed by atoms with E-state index < -0.39 is 0 Å². The van der Waals surface area contributed by atoms with E-state index in [0.29, 0.717) is 22.4 Å². The Kier molecular flexibility index (Phi) is 5.65. The first-order chi connectivity index (χ1) is 12.0. The minimum atomic E-state index is -0.302. The van der Waals surface area contributed by atoms with Crippen LogP contribution < -0.4 is 15.4 Å². The molecule has 1 aliphatic rings. The smallest absolute Gasteiger partial charge is 0.263 e. The molecule has 2 aromatic rings. The minimum absolute atomic E-state index is 0.0675. The van der Waals surface area contributed by atoms with Crippen LogP contribution >= 0.6 is 11.3 Å². The largest absolute Gasteiger partial charge is 0.486 e. The number of hydrogen-bond acceptors (Lipinski definition) is 5. The summed E-state index contributed by atoms with van der Waals surface area (Å²) in [6.07, 6.45) is 1.87. The normalized spacial score (nSPS) is 20.3. The van der Waals surface area contributed by atoms with Crippen LogP contribution in [0.1, 0.15) is 40.1 Å². The van der Waals surface area contributed by atoms with E-state index in [2.05, 4.69) is 22.5 Å². The van der Waals surface area contributed by atoms with Crippen LogP contribution in [0, 0.1) is 12.7 Å². The number of benzene rings is 1. The standard InChI is InChI=1S/C18H22FN3O2S/c1-11-9-14(7-8-20-11)22-18(23)17-12(2)21-16(25-17)10-24-15-5-3-13(19)4-6-15/h3-6,11,14,20H,7-10H2,1-2H3,(H,22,23). The number of thiazole rings is 1. The molecule has 2 heterocycles. The molecule has 134 valence electrons. The van der Waals surface area contributed by atoms with Crippen molar-refractivity contribution >= 4 is 17.2 Å².